The lowest BCUT2D eigenvalue weighted by molar-refractivity contribution is -0.496. The highest BCUT2D eigenvalue weighted by Crippen LogP contribution is 2.29. The van der Waals surface area contributed by atoms with E-state index in [1.54, 1.807) is 30.3 Å². The Bertz CT molecular complexity index is 846. The molecule has 1 amide bonds. The van der Waals surface area contributed by atoms with Gasteiger partial charge in [0.15, 0.2) is 5.71 Å². The SMILES string of the molecule is N=C(C(=O)C=C[NH2+]c1cccc(C(F)(F)F)c1)C(=O)Nc1ccccc1. The number of hydrogen-bond donors (Lipinski definition) is 3. The molecule has 0 bridgehead atoms. The van der Waals surface area contributed by atoms with Crippen molar-refractivity contribution in [2.45, 2.75) is 6.18 Å². The van der Waals surface area contributed by atoms with Crippen LogP contribution in [-0.2, 0) is 15.8 Å². The third-order valence-corrected chi connectivity index (χ3v) is 3.26. The number of benzene rings is 2. The summed E-state index contributed by atoms with van der Waals surface area (Å²) in [6.07, 6.45) is -2.31. The van der Waals surface area contributed by atoms with Gasteiger partial charge in [0.05, 0.1) is 5.56 Å². The van der Waals surface area contributed by atoms with Crippen LogP contribution < -0.4 is 10.6 Å². The van der Waals surface area contributed by atoms with Crippen molar-refractivity contribution in [3.8, 4) is 0 Å². The minimum Gasteiger partial charge on any atom is -0.321 e. The molecule has 0 unspecified atom stereocenters. The van der Waals surface area contributed by atoms with Crippen LogP contribution in [0.4, 0.5) is 24.5 Å². The Balaban J connectivity index is 1.94. The molecule has 2 aromatic carbocycles. The summed E-state index contributed by atoms with van der Waals surface area (Å²) in [4.78, 5) is 23.6. The van der Waals surface area contributed by atoms with Crippen molar-refractivity contribution in [1.29, 1.82) is 5.41 Å². The van der Waals surface area contributed by atoms with Gasteiger partial charge in [-0.25, -0.2) is 0 Å². The van der Waals surface area contributed by atoms with Gasteiger partial charge in [0.2, 0.25) is 5.78 Å². The zero-order valence-electron chi connectivity index (χ0n) is 13.4. The number of anilines is 1. The molecule has 5 nitrogen and oxygen atoms in total. The molecule has 2 aromatic rings. The summed E-state index contributed by atoms with van der Waals surface area (Å²) in [5, 5.41) is 11.3. The van der Waals surface area contributed by atoms with E-state index in [4.69, 9.17) is 5.41 Å². The lowest BCUT2D eigenvalue weighted by Gasteiger charge is -2.06. The molecule has 0 aromatic heterocycles. The molecule has 0 heterocycles. The zero-order valence-corrected chi connectivity index (χ0v) is 13.4. The van der Waals surface area contributed by atoms with Crippen molar-refractivity contribution in [1.82, 2.24) is 0 Å². The highest BCUT2D eigenvalue weighted by Gasteiger charge is 2.30. The highest BCUT2D eigenvalue weighted by molar-refractivity contribution is 6.68. The topological polar surface area (TPSA) is 86.6 Å². The fourth-order valence-corrected chi connectivity index (χ4v) is 1.98. The monoisotopic (exact) mass is 362 g/mol. The van der Waals surface area contributed by atoms with Crippen molar-refractivity contribution in [3.63, 3.8) is 0 Å². The molecule has 134 valence electrons. The maximum Gasteiger partial charge on any atom is 0.416 e. The van der Waals surface area contributed by atoms with Crippen molar-refractivity contribution in [2.24, 2.45) is 0 Å². The number of allylic oxidation sites excluding steroid dienone is 1. The molecule has 0 saturated heterocycles. The fourth-order valence-electron chi connectivity index (χ4n) is 1.98. The quantitative estimate of drug-likeness (QED) is 0.319. The first-order valence-electron chi connectivity index (χ1n) is 7.45. The lowest BCUT2D eigenvalue weighted by Crippen LogP contribution is -2.71. The molecule has 0 aliphatic rings. The summed E-state index contributed by atoms with van der Waals surface area (Å²) >= 11 is 0. The predicted octanol–water partition coefficient (Wildman–Crippen LogP) is 2.64. The number of rotatable bonds is 6. The number of para-hydroxylation sites is 1. The van der Waals surface area contributed by atoms with Crippen LogP contribution in [0.15, 0.2) is 66.9 Å². The second-order valence-corrected chi connectivity index (χ2v) is 5.21. The molecule has 0 spiro atoms. The normalized spacial score (nSPS) is 11.3. The molecule has 26 heavy (non-hydrogen) atoms. The summed E-state index contributed by atoms with van der Waals surface area (Å²) in [6.45, 7) is 0. The van der Waals surface area contributed by atoms with Crippen LogP contribution >= 0.6 is 0 Å². The van der Waals surface area contributed by atoms with Gasteiger partial charge < -0.3 is 5.32 Å². The Morgan fingerprint density at radius 1 is 1.04 bits per heavy atom. The van der Waals surface area contributed by atoms with E-state index in [0.717, 1.165) is 18.2 Å². The van der Waals surface area contributed by atoms with E-state index in [1.807, 2.05) is 0 Å². The van der Waals surface area contributed by atoms with E-state index in [-0.39, 0.29) is 5.69 Å². The number of amides is 1. The molecule has 8 heteroatoms. The summed E-state index contributed by atoms with van der Waals surface area (Å²) in [6, 6.07) is 12.9. The minimum atomic E-state index is -4.46. The van der Waals surface area contributed by atoms with E-state index >= 15 is 0 Å². The number of carbonyl (C=O) groups excluding carboxylic acids is 2. The van der Waals surface area contributed by atoms with E-state index in [1.165, 1.54) is 23.6 Å². The van der Waals surface area contributed by atoms with Crippen molar-refractivity contribution in [2.75, 3.05) is 5.32 Å². The first kappa shape index (κ1) is 19.1. The maximum atomic E-state index is 12.6. The van der Waals surface area contributed by atoms with Gasteiger partial charge in [-0.15, -0.1) is 0 Å². The van der Waals surface area contributed by atoms with Crippen LogP contribution in [0, 0.1) is 5.41 Å². The lowest BCUT2D eigenvalue weighted by atomic mass is 10.2. The molecule has 0 saturated carbocycles. The molecular weight excluding hydrogens is 347 g/mol. The number of alkyl halides is 3. The van der Waals surface area contributed by atoms with E-state index in [9.17, 15) is 22.8 Å². The number of hydrogen-bond acceptors (Lipinski definition) is 3. The van der Waals surface area contributed by atoms with Gasteiger partial charge in [-0.2, -0.15) is 13.2 Å². The summed E-state index contributed by atoms with van der Waals surface area (Å²) in [5.41, 5.74) is -0.901. The van der Waals surface area contributed by atoms with Gasteiger partial charge in [0, 0.05) is 17.8 Å². The van der Waals surface area contributed by atoms with Gasteiger partial charge in [0.25, 0.3) is 5.91 Å². The zero-order chi connectivity index (χ0) is 19.2. The van der Waals surface area contributed by atoms with Gasteiger partial charge in [-0.3, -0.25) is 20.3 Å². The van der Waals surface area contributed by atoms with E-state index in [0.29, 0.717) is 5.69 Å². The van der Waals surface area contributed by atoms with E-state index < -0.39 is 29.1 Å². The smallest absolute Gasteiger partial charge is 0.321 e. The van der Waals surface area contributed by atoms with Crippen LogP contribution in [0.1, 0.15) is 5.56 Å². The third kappa shape index (κ3) is 5.38. The minimum absolute atomic E-state index is 0.240. The van der Waals surface area contributed by atoms with Crippen LogP contribution in [0.25, 0.3) is 0 Å². The van der Waals surface area contributed by atoms with Gasteiger partial charge >= 0.3 is 6.18 Å². The largest absolute Gasteiger partial charge is 0.416 e. The van der Waals surface area contributed by atoms with Gasteiger partial charge in [-0.1, -0.05) is 24.3 Å². The number of quaternary nitrogens is 1. The molecule has 0 fully saturated rings. The average Bonchev–Trinajstić information content (AvgIpc) is 2.61. The molecule has 0 radical (unpaired) electrons. The Labute approximate surface area is 147 Å². The number of nitrogens with two attached hydrogens (primary N) is 1. The van der Waals surface area contributed by atoms with Gasteiger partial charge in [0.1, 0.15) is 11.9 Å². The van der Waals surface area contributed by atoms with Crippen molar-refractivity contribution in [3.05, 3.63) is 72.4 Å². The van der Waals surface area contributed by atoms with Crippen LogP contribution in [0.5, 0.6) is 0 Å². The molecule has 0 aliphatic carbocycles. The first-order chi connectivity index (χ1) is 12.3. The van der Waals surface area contributed by atoms with Crippen LogP contribution in [0.2, 0.25) is 0 Å². The molecular formula is C18H15F3N3O2+. The van der Waals surface area contributed by atoms with Crippen molar-refractivity contribution < 1.29 is 28.1 Å². The Morgan fingerprint density at radius 2 is 1.73 bits per heavy atom. The summed E-state index contributed by atoms with van der Waals surface area (Å²) in [5.74, 6) is -1.73. The highest BCUT2D eigenvalue weighted by atomic mass is 19.4. The Morgan fingerprint density at radius 3 is 2.38 bits per heavy atom. The van der Waals surface area contributed by atoms with E-state index in [2.05, 4.69) is 5.32 Å². The summed E-state index contributed by atoms with van der Waals surface area (Å²) < 4.78 is 37.9. The number of carbonyl (C=O) groups is 2. The van der Waals surface area contributed by atoms with Crippen LogP contribution in [-0.4, -0.2) is 17.4 Å². The third-order valence-electron chi connectivity index (χ3n) is 3.26. The molecule has 4 N–H and O–H groups in total. The number of nitrogens with one attached hydrogen (secondary N) is 2. The second kappa shape index (κ2) is 8.21. The molecule has 0 aliphatic heterocycles. The average molecular weight is 362 g/mol. The number of ketones is 1. The predicted molar refractivity (Wildman–Crippen MR) is 90.0 cm³/mol. The molecule has 2 rings (SSSR count). The fraction of sp³-hybridized carbons (Fsp3) is 0.0556. The second-order valence-electron chi connectivity index (χ2n) is 5.21. The summed E-state index contributed by atoms with van der Waals surface area (Å²) in [7, 11) is 0. The van der Waals surface area contributed by atoms with Crippen molar-refractivity contribution >= 4 is 28.8 Å². The number of halogens is 3. The Kier molecular flexibility index (Phi) is 6.03. The van der Waals surface area contributed by atoms with Gasteiger partial charge in [-0.05, 0) is 24.3 Å². The first-order valence-corrected chi connectivity index (χ1v) is 7.45. The maximum absolute atomic E-state index is 12.6. The molecule has 0 atom stereocenters. The Hall–Kier alpha value is -3.26. The van der Waals surface area contributed by atoms with Crippen LogP contribution in [0.3, 0.4) is 0 Å². The standard InChI is InChI=1S/C18H14F3N3O2/c19-18(20,21)12-5-4-8-14(11-12)23-10-9-15(25)16(22)17(26)24-13-6-2-1-3-7-13/h1-11,22-23H,(H,24,26)/p+1.